The van der Waals surface area contributed by atoms with E-state index in [4.69, 9.17) is 5.73 Å². The lowest BCUT2D eigenvalue weighted by molar-refractivity contribution is -0.137. The third-order valence-electron chi connectivity index (χ3n) is 4.75. The van der Waals surface area contributed by atoms with Gasteiger partial charge in [-0.15, -0.1) is 5.10 Å². The molecule has 26 heavy (non-hydrogen) atoms. The molecule has 1 atom stereocenters. The minimum absolute atomic E-state index is 0.00680. The SMILES string of the molecule is CC1(C)CN(C(=O)c2cn(-c3cccc(C(F)(F)F)c3)nn2)CCC1N. The van der Waals surface area contributed by atoms with Crippen LogP contribution in [0, 0.1) is 5.41 Å². The maximum Gasteiger partial charge on any atom is 0.416 e. The first-order valence-electron chi connectivity index (χ1n) is 8.23. The Hall–Kier alpha value is -2.42. The molecule has 0 radical (unpaired) electrons. The molecule has 6 nitrogen and oxygen atoms in total. The fourth-order valence-corrected chi connectivity index (χ4v) is 3.02. The quantitative estimate of drug-likeness (QED) is 0.885. The first-order chi connectivity index (χ1) is 12.1. The summed E-state index contributed by atoms with van der Waals surface area (Å²) in [6, 6.07) is 4.71. The molecule has 0 spiro atoms. The second-order valence-electron chi connectivity index (χ2n) is 7.21. The summed E-state index contributed by atoms with van der Waals surface area (Å²) in [7, 11) is 0. The van der Waals surface area contributed by atoms with Crippen molar-refractivity contribution in [3.05, 3.63) is 41.7 Å². The summed E-state index contributed by atoms with van der Waals surface area (Å²) in [5.74, 6) is -0.303. The van der Waals surface area contributed by atoms with E-state index >= 15 is 0 Å². The number of piperidine rings is 1. The Bertz CT molecular complexity index is 815. The van der Waals surface area contributed by atoms with Crippen molar-refractivity contribution >= 4 is 5.91 Å². The Morgan fingerprint density at radius 3 is 2.73 bits per heavy atom. The molecule has 2 aromatic rings. The monoisotopic (exact) mass is 367 g/mol. The van der Waals surface area contributed by atoms with Crippen LogP contribution in [0.4, 0.5) is 13.2 Å². The van der Waals surface area contributed by atoms with E-state index in [1.165, 1.54) is 23.0 Å². The Labute approximate surface area is 148 Å². The molecule has 1 unspecified atom stereocenters. The van der Waals surface area contributed by atoms with E-state index in [-0.39, 0.29) is 28.7 Å². The van der Waals surface area contributed by atoms with E-state index in [0.29, 0.717) is 19.5 Å². The maximum absolute atomic E-state index is 12.8. The fourth-order valence-electron chi connectivity index (χ4n) is 3.02. The number of nitrogens with zero attached hydrogens (tertiary/aromatic N) is 4. The lowest BCUT2D eigenvalue weighted by atomic mass is 9.79. The Morgan fingerprint density at radius 1 is 1.35 bits per heavy atom. The van der Waals surface area contributed by atoms with E-state index in [2.05, 4.69) is 10.3 Å². The number of benzene rings is 1. The molecule has 1 aromatic carbocycles. The third kappa shape index (κ3) is 3.57. The zero-order chi connectivity index (χ0) is 19.1. The van der Waals surface area contributed by atoms with Gasteiger partial charge in [0.1, 0.15) is 0 Å². The van der Waals surface area contributed by atoms with Crippen molar-refractivity contribution in [3.63, 3.8) is 0 Å². The van der Waals surface area contributed by atoms with E-state index in [1.807, 2.05) is 13.8 Å². The van der Waals surface area contributed by atoms with Crippen molar-refractivity contribution in [1.29, 1.82) is 0 Å². The fraction of sp³-hybridized carbons (Fsp3) is 0.471. The number of rotatable bonds is 2. The van der Waals surface area contributed by atoms with Crippen LogP contribution in [-0.4, -0.2) is 44.9 Å². The summed E-state index contributed by atoms with van der Waals surface area (Å²) in [5.41, 5.74) is 5.36. The molecule has 1 saturated heterocycles. The standard InChI is InChI=1S/C17H20F3N5O/c1-16(2)10-24(7-6-14(16)21)15(26)13-9-25(23-22-13)12-5-3-4-11(8-12)17(18,19)20/h3-5,8-9,14H,6-7,10,21H2,1-2H3. The topological polar surface area (TPSA) is 77.0 Å². The van der Waals surface area contributed by atoms with Crippen LogP contribution in [0.15, 0.2) is 30.5 Å². The highest BCUT2D eigenvalue weighted by molar-refractivity contribution is 5.92. The molecule has 0 bridgehead atoms. The van der Waals surface area contributed by atoms with Crippen molar-refractivity contribution in [3.8, 4) is 5.69 Å². The van der Waals surface area contributed by atoms with Gasteiger partial charge in [-0.2, -0.15) is 13.2 Å². The van der Waals surface area contributed by atoms with Crippen molar-refractivity contribution < 1.29 is 18.0 Å². The number of nitrogens with two attached hydrogens (primary N) is 1. The van der Waals surface area contributed by atoms with Crippen molar-refractivity contribution in [2.75, 3.05) is 13.1 Å². The molecule has 1 aliphatic rings. The van der Waals surface area contributed by atoms with Crippen LogP contribution in [0.2, 0.25) is 0 Å². The lowest BCUT2D eigenvalue weighted by Gasteiger charge is -2.42. The Balaban J connectivity index is 1.81. The summed E-state index contributed by atoms with van der Waals surface area (Å²) in [6.07, 6.45) is -2.42. The minimum Gasteiger partial charge on any atom is -0.337 e. The maximum atomic E-state index is 12.8. The number of likely N-dealkylation sites (tertiary alicyclic amines) is 1. The van der Waals surface area contributed by atoms with Gasteiger partial charge in [0.25, 0.3) is 5.91 Å². The van der Waals surface area contributed by atoms with Crippen molar-refractivity contribution in [1.82, 2.24) is 19.9 Å². The highest BCUT2D eigenvalue weighted by Gasteiger charge is 2.36. The number of carbonyl (C=O) groups excluding carboxylic acids is 1. The molecule has 140 valence electrons. The molecule has 2 N–H and O–H groups in total. The first kappa shape index (κ1) is 18.4. The zero-order valence-electron chi connectivity index (χ0n) is 14.5. The van der Waals surface area contributed by atoms with Crippen LogP contribution in [-0.2, 0) is 6.18 Å². The van der Waals surface area contributed by atoms with Gasteiger partial charge in [-0.3, -0.25) is 4.79 Å². The molecule has 0 aliphatic carbocycles. The summed E-state index contributed by atoms with van der Waals surface area (Å²) in [6.45, 7) is 5.00. The molecule has 3 rings (SSSR count). The van der Waals surface area contributed by atoms with Gasteiger partial charge in [0, 0.05) is 19.1 Å². The smallest absolute Gasteiger partial charge is 0.337 e. The van der Waals surface area contributed by atoms with Gasteiger partial charge in [-0.1, -0.05) is 25.1 Å². The Kier molecular flexibility index (Phi) is 4.51. The minimum atomic E-state index is -4.45. The van der Waals surface area contributed by atoms with Gasteiger partial charge in [0.05, 0.1) is 17.4 Å². The Morgan fingerprint density at radius 2 is 2.08 bits per heavy atom. The molecule has 9 heteroatoms. The van der Waals surface area contributed by atoms with Crippen molar-refractivity contribution in [2.45, 2.75) is 32.5 Å². The molecule has 1 aliphatic heterocycles. The van der Waals surface area contributed by atoms with E-state index in [1.54, 1.807) is 4.90 Å². The first-order valence-corrected chi connectivity index (χ1v) is 8.23. The third-order valence-corrected chi connectivity index (χ3v) is 4.75. The number of hydrogen-bond donors (Lipinski definition) is 1. The average molecular weight is 367 g/mol. The molecule has 1 aromatic heterocycles. The van der Waals surface area contributed by atoms with Gasteiger partial charge >= 0.3 is 6.18 Å². The molecular weight excluding hydrogens is 347 g/mol. The second-order valence-corrected chi connectivity index (χ2v) is 7.21. The number of aromatic nitrogens is 3. The van der Waals surface area contributed by atoms with Crippen LogP contribution in [0.1, 0.15) is 36.3 Å². The van der Waals surface area contributed by atoms with Crippen LogP contribution >= 0.6 is 0 Å². The average Bonchev–Trinajstić information content (AvgIpc) is 3.06. The highest BCUT2D eigenvalue weighted by atomic mass is 19.4. The molecular formula is C17H20F3N5O. The summed E-state index contributed by atoms with van der Waals surface area (Å²) >= 11 is 0. The number of alkyl halides is 3. The van der Waals surface area contributed by atoms with E-state index in [0.717, 1.165) is 12.1 Å². The number of hydrogen-bond acceptors (Lipinski definition) is 4. The summed E-state index contributed by atoms with van der Waals surface area (Å²) < 4.78 is 39.7. The van der Waals surface area contributed by atoms with Gasteiger partial charge in [-0.05, 0) is 30.0 Å². The normalized spacial score (nSPS) is 20.2. The van der Waals surface area contributed by atoms with Gasteiger partial charge in [-0.25, -0.2) is 4.68 Å². The number of carbonyl (C=O) groups is 1. The number of amides is 1. The van der Waals surface area contributed by atoms with Gasteiger partial charge < -0.3 is 10.6 Å². The highest BCUT2D eigenvalue weighted by Crippen LogP contribution is 2.30. The zero-order valence-corrected chi connectivity index (χ0v) is 14.5. The van der Waals surface area contributed by atoms with Crippen molar-refractivity contribution in [2.24, 2.45) is 11.1 Å². The second kappa shape index (κ2) is 6.39. The predicted molar refractivity (Wildman–Crippen MR) is 88.6 cm³/mol. The van der Waals surface area contributed by atoms with Crippen LogP contribution in [0.3, 0.4) is 0 Å². The van der Waals surface area contributed by atoms with Crippen LogP contribution in [0.5, 0.6) is 0 Å². The van der Waals surface area contributed by atoms with Gasteiger partial charge in [0.15, 0.2) is 5.69 Å². The summed E-state index contributed by atoms with van der Waals surface area (Å²) in [5, 5.41) is 7.64. The van der Waals surface area contributed by atoms with E-state index in [9.17, 15) is 18.0 Å². The lowest BCUT2D eigenvalue weighted by Crippen LogP contribution is -2.54. The molecule has 1 fully saturated rings. The number of halogens is 3. The molecule has 0 saturated carbocycles. The van der Waals surface area contributed by atoms with Crippen LogP contribution in [0.25, 0.3) is 5.69 Å². The summed E-state index contributed by atoms with van der Waals surface area (Å²) in [4.78, 5) is 14.3. The molecule has 2 heterocycles. The van der Waals surface area contributed by atoms with Gasteiger partial charge in [0.2, 0.25) is 0 Å². The van der Waals surface area contributed by atoms with Crippen LogP contribution < -0.4 is 5.73 Å². The molecule has 1 amide bonds. The predicted octanol–water partition coefficient (Wildman–Crippen LogP) is 2.49. The van der Waals surface area contributed by atoms with E-state index < -0.39 is 11.7 Å². The largest absolute Gasteiger partial charge is 0.416 e.